The monoisotopic (exact) mass is 851 g/mol. The lowest BCUT2D eigenvalue weighted by Gasteiger charge is -2.37. The minimum Gasteiger partial charge on any atom is -0.487 e. The summed E-state index contributed by atoms with van der Waals surface area (Å²) < 4.78 is 12.9. The highest BCUT2D eigenvalue weighted by atomic mass is 16.6. The number of fused-ring (bicyclic) bond motifs is 1. The molecule has 1 aromatic heterocycles. The van der Waals surface area contributed by atoms with Crippen LogP contribution in [0, 0.1) is 16.7 Å². The van der Waals surface area contributed by atoms with E-state index in [4.69, 9.17) is 20.5 Å². The first-order valence-corrected chi connectivity index (χ1v) is 20.5. The number of nitrogens with two attached hydrogens (primary N) is 1. The van der Waals surface area contributed by atoms with Crippen LogP contribution in [0.5, 0.6) is 5.75 Å². The number of amides is 4. The fourth-order valence-electron chi connectivity index (χ4n) is 7.05. The van der Waals surface area contributed by atoms with Crippen LogP contribution in [0.25, 0.3) is 10.8 Å². The molecule has 0 radical (unpaired) electrons. The molecule has 1 saturated heterocycles. The fraction of sp³-hybridized carbons (Fsp3) is 0.467. The molecule has 1 unspecified atom stereocenters. The number of carboxylic acids is 1. The van der Waals surface area contributed by atoms with Gasteiger partial charge in [0, 0.05) is 32.9 Å². The zero-order chi connectivity index (χ0) is 45.5. The molecule has 5 rings (SSSR count). The minimum absolute atomic E-state index is 0.0116. The second kappa shape index (κ2) is 19.4. The van der Waals surface area contributed by atoms with Crippen LogP contribution in [-0.4, -0.2) is 109 Å². The van der Waals surface area contributed by atoms with Gasteiger partial charge in [-0.25, -0.2) is 14.3 Å². The number of nitriles is 1. The van der Waals surface area contributed by atoms with Gasteiger partial charge in [-0.15, -0.1) is 5.10 Å². The van der Waals surface area contributed by atoms with E-state index in [9.17, 15) is 29.1 Å². The third-order valence-electron chi connectivity index (χ3n) is 10.6. The van der Waals surface area contributed by atoms with Crippen molar-refractivity contribution >= 4 is 40.6 Å². The molecule has 6 atom stereocenters. The normalized spacial score (nSPS) is 17.3. The number of benzene rings is 3. The number of nitrogens with one attached hydrogen (secondary N) is 2. The summed E-state index contributed by atoms with van der Waals surface area (Å²) in [5.41, 5.74) is 6.11. The summed E-state index contributed by atoms with van der Waals surface area (Å²) in [4.78, 5) is 70.7. The summed E-state index contributed by atoms with van der Waals surface area (Å²) >= 11 is 0. The summed E-state index contributed by atoms with van der Waals surface area (Å²) in [7, 11) is 1.43. The van der Waals surface area contributed by atoms with Crippen molar-refractivity contribution in [1.29, 1.82) is 5.26 Å². The highest BCUT2D eigenvalue weighted by Crippen LogP contribution is 2.32. The lowest BCUT2D eigenvalue weighted by molar-refractivity contribution is -0.146. The summed E-state index contributed by atoms with van der Waals surface area (Å²) in [6.07, 6.45) is 1.38. The van der Waals surface area contributed by atoms with Crippen molar-refractivity contribution < 1.29 is 38.6 Å². The molecule has 5 N–H and O–H groups in total. The van der Waals surface area contributed by atoms with Gasteiger partial charge in [0.15, 0.2) is 0 Å². The summed E-state index contributed by atoms with van der Waals surface area (Å²) in [6.45, 7) is 12.0. The smallest absolute Gasteiger partial charge is 0.410 e. The Morgan fingerprint density at radius 2 is 1.63 bits per heavy atom. The quantitative estimate of drug-likeness (QED) is 0.132. The largest absolute Gasteiger partial charge is 0.487 e. The van der Waals surface area contributed by atoms with Gasteiger partial charge in [-0.2, -0.15) is 5.26 Å². The number of likely N-dealkylation sites (N-methyl/N-ethyl adjacent to an activating group) is 1. The fourth-order valence-corrected chi connectivity index (χ4v) is 7.05. The topological polar surface area (TPSA) is 235 Å². The van der Waals surface area contributed by atoms with Gasteiger partial charge in [-0.1, -0.05) is 80.6 Å². The lowest BCUT2D eigenvalue weighted by atomic mass is 9.85. The summed E-state index contributed by atoms with van der Waals surface area (Å²) in [6, 6.07) is 16.6. The Balaban J connectivity index is 1.38. The van der Waals surface area contributed by atoms with Gasteiger partial charge in [0.05, 0.1) is 24.3 Å². The van der Waals surface area contributed by atoms with Gasteiger partial charge >= 0.3 is 12.1 Å². The van der Waals surface area contributed by atoms with Gasteiger partial charge in [-0.3, -0.25) is 19.3 Å². The molecule has 0 bridgehead atoms. The van der Waals surface area contributed by atoms with Gasteiger partial charge in [0.2, 0.25) is 17.7 Å². The van der Waals surface area contributed by atoms with Crippen LogP contribution < -0.4 is 21.1 Å². The van der Waals surface area contributed by atoms with Crippen molar-refractivity contribution in [2.24, 2.45) is 11.1 Å². The average molecular weight is 852 g/mol. The van der Waals surface area contributed by atoms with Crippen LogP contribution >= 0.6 is 0 Å². The van der Waals surface area contributed by atoms with Gasteiger partial charge < -0.3 is 35.8 Å². The Morgan fingerprint density at radius 1 is 0.968 bits per heavy atom. The number of carbonyl (C=O) groups excluding carboxylic acids is 4. The third-order valence-corrected chi connectivity index (χ3v) is 10.6. The Morgan fingerprint density at radius 3 is 2.26 bits per heavy atom. The molecule has 0 aliphatic carbocycles. The third kappa shape index (κ3) is 12.1. The minimum atomic E-state index is -1.32. The molecule has 17 heteroatoms. The average Bonchev–Trinajstić information content (AvgIpc) is 3.88. The number of likely N-dealkylation sites (tertiary alicyclic amines) is 1. The number of rotatable bonds is 15. The first kappa shape index (κ1) is 46.5. The van der Waals surface area contributed by atoms with E-state index in [-0.39, 0.29) is 26.0 Å². The van der Waals surface area contributed by atoms with E-state index in [0.717, 1.165) is 21.2 Å². The number of ether oxygens (including phenoxy) is 2. The highest BCUT2D eigenvalue weighted by Gasteiger charge is 2.47. The van der Waals surface area contributed by atoms with Crippen LogP contribution in [0.3, 0.4) is 0 Å². The van der Waals surface area contributed by atoms with Crippen LogP contribution in [0.1, 0.15) is 77.7 Å². The van der Waals surface area contributed by atoms with E-state index in [1.54, 1.807) is 64.6 Å². The maximum atomic E-state index is 14.8. The first-order valence-electron chi connectivity index (χ1n) is 20.5. The zero-order valence-electron chi connectivity index (χ0n) is 36.5. The predicted octanol–water partition coefficient (Wildman–Crippen LogP) is 4.14. The molecule has 1 fully saturated rings. The number of carbonyl (C=O) groups is 5. The van der Waals surface area contributed by atoms with Crippen LogP contribution in [-0.2, 0) is 43.4 Å². The molecular formula is C45H57N9O8. The molecule has 4 aromatic rings. The molecule has 0 saturated carbocycles. The van der Waals surface area contributed by atoms with Crippen LogP contribution in [0.15, 0.2) is 72.9 Å². The van der Waals surface area contributed by atoms with Crippen molar-refractivity contribution in [2.75, 3.05) is 13.6 Å². The molecule has 17 nitrogen and oxygen atoms in total. The molecule has 4 amide bonds. The maximum absolute atomic E-state index is 14.8. The molecule has 1 aliphatic heterocycles. The summed E-state index contributed by atoms with van der Waals surface area (Å²) in [5.74, 6) is -2.57. The van der Waals surface area contributed by atoms with Gasteiger partial charge in [0.25, 0.3) is 0 Å². The standard InChI is InChI=1S/C45H57N9O8/c1-27(52(8)43(60)62-45(5,6)7)39(55)49-38(44(2,3)4)41(57)53-25-34(54-24-33(50-51-54)26-61-35-17-14-28(15-18-35)20-32(47)23-46)22-37(53)40(56)48-36(42(58)59)21-29-13-16-30-11-9-10-12-31(30)19-29/h9-19,24,27,32,34,36-38H,20-22,25-26,47H2,1-8H3,(H,48,56)(H,49,55)(H,58,59)/t27-,32-,34-,36?,37-,38+/m0/s1. The van der Waals surface area contributed by atoms with E-state index in [2.05, 4.69) is 20.9 Å². The molecule has 62 heavy (non-hydrogen) atoms. The van der Waals surface area contributed by atoms with E-state index in [1.165, 1.54) is 18.9 Å². The Hall–Kier alpha value is -6.54. The van der Waals surface area contributed by atoms with Gasteiger partial charge in [-0.05, 0) is 67.1 Å². The highest BCUT2D eigenvalue weighted by molar-refractivity contribution is 5.95. The number of aromatic nitrogens is 3. The number of nitrogens with zero attached hydrogens (tertiary/aromatic N) is 6. The Bertz CT molecular complexity index is 2290. The lowest BCUT2D eigenvalue weighted by Crippen LogP contribution is -2.60. The molecule has 0 spiro atoms. The van der Waals surface area contributed by atoms with Crippen LogP contribution in [0.4, 0.5) is 4.79 Å². The second-order valence-electron chi connectivity index (χ2n) is 17.8. The van der Waals surface area contributed by atoms with Crippen molar-refractivity contribution in [1.82, 2.24) is 35.4 Å². The molecule has 1 aliphatic rings. The van der Waals surface area contributed by atoms with Crippen molar-refractivity contribution in [3.05, 3.63) is 89.7 Å². The first-order chi connectivity index (χ1) is 29.1. The molecule has 330 valence electrons. The zero-order valence-corrected chi connectivity index (χ0v) is 36.5. The van der Waals surface area contributed by atoms with Crippen molar-refractivity contribution in [2.45, 2.75) is 116 Å². The number of carboxylic acid groups (broad SMARTS) is 1. The van der Waals surface area contributed by atoms with E-state index < -0.39 is 77.1 Å². The van der Waals surface area contributed by atoms with Crippen molar-refractivity contribution in [3.8, 4) is 11.8 Å². The number of hydrogen-bond donors (Lipinski definition) is 4. The molecule has 3 aromatic carbocycles. The molecule has 2 heterocycles. The second-order valence-corrected chi connectivity index (χ2v) is 17.8. The summed E-state index contributed by atoms with van der Waals surface area (Å²) in [5, 5.41) is 35.3. The van der Waals surface area contributed by atoms with Crippen LogP contribution in [0.2, 0.25) is 0 Å². The number of aliphatic carboxylic acids is 1. The Kier molecular flexibility index (Phi) is 14.6. The predicted molar refractivity (Wildman–Crippen MR) is 229 cm³/mol. The maximum Gasteiger partial charge on any atom is 0.410 e. The van der Waals surface area contributed by atoms with E-state index in [1.807, 2.05) is 60.7 Å². The van der Waals surface area contributed by atoms with E-state index >= 15 is 0 Å². The van der Waals surface area contributed by atoms with Crippen molar-refractivity contribution in [3.63, 3.8) is 0 Å². The molecular weight excluding hydrogens is 795 g/mol. The van der Waals surface area contributed by atoms with E-state index in [0.29, 0.717) is 23.4 Å². The number of hydrogen-bond acceptors (Lipinski definition) is 11. The Labute approximate surface area is 361 Å². The SMILES string of the molecule is C[C@@H](C(=O)N[C@H](C(=O)N1C[C@@H](n2cc(COc3ccc(C[C@H](N)C#N)cc3)nn2)C[C@H]1C(=O)NC(Cc1ccc2ccccc2c1)C(=O)O)C(C)(C)C)N(C)C(=O)OC(C)(C)C. The van der Waals surface area contributed by atoms with Gasteiger partial charge in [0.1, 0.15) is 47.8 Å².